The van der Waals surface area contributed by atoms with Gasteiger partial charge in [-0.25, -0.2) is 14.8 Å². The molecule has 1 aliphatic rings. The van der Waals surface area contributed by atoms with E-state index >= 15 is 0 Å². The Bertz CT molecular complexity index is 905. The summed E-state index contributed by atoms with van der Waals surface area (Å²) in [5, 5.41) is 5.44. The zero-order valence-corrected chi connectivity index (χ0v) is 17.8. The van der Waals surface area contributed by atoms with Gasteiger partial charge < -0.3 is 26.2 Å². The number of nitrogens with two attached hydrogens (primary N) is 1. The average Bonchev–Trinajstić information content (AvgIpc) is 2.79. The third kappa shape index (κ3) is 6.85. The van der Waals surface area contributed by atoms with Crippen molar-refractivity contribution in [2.45, 2.75) is 11.3 Å². The second-order valence-corrected chi connectivity index (χ2v) is 7.82. The fraction of sp³-hybridized carbons (Fsp3) is 0.350. The zero-order valence-electron chi connectivity index (χ0n) is 17.0. The lowest BCUT2D eigenvalue weighted by molar-refractivity contribution is -0.131. The lowest BCUT2D eigenvalue weighted by Gasteiger charge is -2.34. The second-order valence-electron chi connectivity index (χ2n) is 6.80. The molecule has 1 saturated heterocycles. The minimum absolute atomic E-state index is 0.00801. The molecule has 3 rings (SSSR count). The van der Waals surface area contributed by atoms with Crippen LogP contribution < -0.4 is 21.3 Å². The summed E-state index contributed by atoms with van der Waals surface area (Å²) in [4.78, 5) is 48.7. The highest BCUT2D eigenvalue weighted by Gasteiger charge is 2.22. The Labute approximate surface area is 184 Å². The predicted molar refractivity (Wildman–Crippen MR) is 119 cm³/mol. The first-order valence-electron chi connectivity index (χ1n) is 9.87. The molecule has 1 aromatic carbocycles. The van der Waals surface area contributed by atoms with Crippen LogP contribution in [-0.4, -0.2) is 71.2 Å². The van der Waals surface area contributed by atoms with Crippen LogP contribution in [0.15, 0.2) is 47.6 Å². The number of nitrogens with one attached hydrogen (secondary N) is 2. The summed E-state index contributed by atoms with van der Waals surface area (Å²) in [5.41, 5.74) is 5.76. The number of amides is 4. The highest BCUT2D eigenvalue weighted by molar-refractivity contribution is 8.00. The molecule has 11 heteroatoms. The molecular formula is C20H25N7O3S. The van der Waals surface area contributed by atoms with Crippen molar-refractivity contribution in [1.82, 2.24) is 20.2 Å². The summed E-state index contributed by atoms with van der Waals surface area (Å²) in [7, 11) is 0. The number of anilines is 2. The quantitative estimate of drug-likeness (QED) is 0.517. The van der Waals surface area contributed by atoms with Crippen LogP contribution in [0.1, 0.15) is 6.42 Å². The Hall–Kier alpha value is -3.34. The lowest BCUT2D eigenvalue weighted by atomic mass is 10.3. The summed E-state index contributed by atoms with van der Waals surface area (Å²) in [5.74, 6) is 0.354. The van der Waals surface area contributed by atoms with E-state index in [0.29, 0.717) is 37.8 Å². The number of aromatic nitrogens is 2. The van der Waals surface area contributed by atoms with Crippen LogP contribution in [0.4, 0.5) is 16.4 Å². The molecule has 10 nitrogen and oxygen atoms in total. The maximum atomic E-state index is 12.4. The topological polar surface area (TPSA) is 134 Å². The molecule has 1 aromatic heterocycles. The largest absolute Gasteiger partial charge is 0.369 e. The Morgan fingerprint density at radius 3 is 2.45 bits per heavy atom. The van der Waals surface area contributed by atoms with Gasteiger partial charge in [-0.3, -0.25) is 9.59 Å². The summed E-state index contributed by atoms with van der Waals surface area (Å²) in [6, 6.07) is 8.50. The van der Waals surface area contributed by atoms with Crippen molar-refractivity contribution in [2.24, 2.45) is 5.73 Å². The van der Waals surface area contributed by atoms with Gasteiger partial charge in [0, 0.05) is 56.4 Å². The third-order valence-corrected chi connectivity index (χ3v) is 5.69. The number of nitrogens with zero attached hydrogens (tertiary/aromatic N) is 4. The van der Waals surface area contributed by atoms with Gasteiger partial charge in [0.05, 0.1) is 11.4 Å². The second kappa shape index (κ2) is 11.2. The molecule has 1 aliphatic heterocycles. The number of hydrogen-bond acceptors (Lipinski definition) is 7. The first kappa shape index (κ1) is 22.3. The Morgan fingerprint density at radius 1 is 1.03 bits per heavy atom. The summed E-state index contributed by atoms with van der Waals surface area (Å²) in [6.07, 6.45) is 3.62. The molecule has 0 saturated carbocycles. The molecule has 2 aromatic rings. The van der Waals surface area contributed by atoms with E-state index in [-0.39, 0.29) is 24.6 Å². The SMILES string of the molecule is NC(=O)CSc1ccccc1NC(=O)NCCC(=O)N1CCN(c2ncccn2)CC1. The number of benzene rings is 1. The first-order chi connectivity index (χ1) is 15.0. The summed E-state index contributed by atoms with van der Waals surface area (Å²) in [6.45, 7) is 2.75. The molecule has 2 heterocycles. The van der Waals surface area contributed by atoms with Crippen molar-refractivity contribution in [2.75, 3.05) is 48.7 Å². The van der Waals surface area contributed by atoms with Gasteiger partial charge in [-0.05, 0) is 18.2 Å². The van der Waals surface area contributed by atoms with Gasteiger partial charge in [0.15, 0.2) is 0 Å². The maximum Gasteiger partial charge on any atom is 0.319 e. The van der Waals surface area contributed by atoms with Crippen molar-refractivity contribution in [3.63, 3.8) is 0 Å². The number of rotatable bonds is 8. The van der Waals surface area contributed by atoms with E-state index in [1.54, 1.807) is 41.6 Å². The molecule has 0 bridgehead atoms. The predicted octanol–water partition coefficient (Wildman–Crippen LogP) is 0.914. The number of thioether (sulfide) groups is 1. The molecule has 4 N–H and O–H groups in total. The maximum absolute atomic E-state index is 12.4. The van der Waals surface area contributed by atoms with Crippen molar-refractivity contribution < 1.29 is 14.4 Å². The van der Waals surface area contributed by atoms with Gasteiger partial charge in [0.25, 0.3) is 0 Å². The molecule has 0 unspecified atom stereocenters. The summed E-state index contributed by atoms with van der Waals surface area (Å²) >= 11 is 1.25. The molecule has 1 fully saturated rings. The number of piperazine rings is 1. The van der Waals surface area contributed by atoms with Gasteiger partial charge >= 0.3 is 6.03 Å². The highest BCUT2D eigenvalue weighted by Crippen LogP contribution is 2.26. The lowest BCUT2D eigenvalue weighted by Crippen LogP contribution is -2.49. The third-order valence-electron chi connectivity index (χ3n) is 4.60. The Kier molecular flexibility index (Phi) is 8.05. The van der Waals surface area contributed by atoms with Crippen LogP contribution in [0.2, 0.25) is 0 Å². The van der Waals surface area contributed by atoms with Crippen LogP contribution in [0.3, 0.4) is 0 Å². The van der Waals surface area contributed by atoms with E-state index in [0.717, 1.165) is 4.90 Å². The molecular weight excluding hydrogens is 418 g/mol. The standard InChI is InChI=1S/C20H25N7O3S/c21-17(28)14-31-16-5-2-1-4-15(16)25-20(30)24-9-6-18(29)26-10-12-27(13-11-26)19-22-7-3-8-23-19/h1-5,7-8H,6,9-14H2,(H2,21,28)(H2,24,25,30). The van der Waals surface area contributed by atoms with Crippen molar-refractivity contribution in [1.29, 1.82) is 0 Å². The molecule has 4 amide bonds. The number of urea groups is 1. The van der Waals surface area contributed by atoms with Gasteiger partial charge in [-0.15, -0.1) is 11.8 Å². The van der Waals surface area contributed by atoms with E-state index in [1.165, 1.54) is 11.8 Å². The number of carbonyl (C=O) groups excluding carboxylic acids is 3. The molecule has 0 atom stereocenters. The fourth-order valence-corrected chi connectivity index (χ4v) is 3.81. The van der Waals surface area contributed by atoms with E-state index in [9.17, 15) is 14.4 Å². The van der Waals surface area contributed by atoms with Gasteiger partial charge in [-0.1, -0.05) is 12.1 Å². The zero-order chi connectivity index (χ0) is 22.1. The first-order valence-corrected chi connectivity index (χ1v) is 10.9. The normalized spacial score (nSPS) is 13.5. The molecule has 0 spiro atoms. The van der Waals surface area contributed by atoms with Crippen LogP contribution in [-0.2, 0) is 9.59 Å². The monoisotopic (exact) mass is 443 g/mol. The Morgan fingerprint density at radius 2 is 1.74 bits per heavy atom. The van der Waals surface area contributed by atoms with Crippen molar-refractivity contribution in [3.05, 3.63) is 42.7 Å². The van der Waals surface area contributed by atoms with E-state index in [2.05, 4.69) is 20.6 Å². The van der Waals surface area contributed by atoms with Gasteiger partial charge in [-0.2, -0.15) is 0 Å². The van der Waals surface area contributed by atoms with Crippen LogP contribution in [0.5, 0.6) is 0 Å². The number of para-hydroxylation sites is 1. The van der Waals surface area contributed by atoms with Gasteiger partial charge in [0.1, 0.15) is 0 Å². The van der Waals surface area contributed by atoms with Crippen LogP contribution in [0.25, 0.3) is 0 Å². The van der Waals surface area contributed by atoms with E-state index in [1.807, 2.05) is 11.0 Å². The number of carbonyl (C=O) groups is 3. The van der Waals surface area contributed by atoms with E-state index in [4.69, 9.17) is 5.73 Å². The molecule has 164 valence electrons. The van der Waals surface area contributed by atoms with E-state index < -0.39 is 11.9 Å². The molecule has 0 radical (unpaired) electrons. The number of primary amides is 1. The molecule has 31 heavy (non-hydrogen) atoms. The Balaban J connectivity index is 1.39. The summed E-state index contributed by atoms with van der Waals surface area (Å²) < 4.78 is 0. The fourth-order valence-electron chi connectivity index (χ4n) is 3.06. The highest BCUT2D eigenvalue weighted by atomic mass is 32.2. The van der Waals surface area contributed by atoms with Crippen molar-refractivity contribution >= 4 is 41.2 Å². The smallest absolute Gasteiger partial charge is 0.319 e. The van der Waals surface area contributed by atoms with Crippen molar-refractivity contribution in [3.8, 4) is 0 Å². The minimum Gasteiger partial charge on any atom is -0.369 e. The van der Waals surface area contributed by atoms with Crippen LogP contribution >= 0.6 is 11.8 Å². The minimum atomic E-state index is -0.431. The number of hydrogen-bond donors (Lipinski definition) is 3. The van der Waals surface area contributed by atoms with Crippen LogP contribution in [0, 0.1) is 0 Å². The molecule has 0 aliphatic carbocycles. The average molecular weight is 444 g/mol. The van der Waals surface area contributed by atoms with Gasteiger partial charge in [0.2, 0.25) is 17.8 Å².